The van der Waals surface area contributed by atoms with E-state index in [1.54, 1.807) is 0 Å². The van der Waals surface area contributed by atoms with Gasteiger partial charge in [0.2, 0.25) is 0 Å². The zero-order valence-electron chi connectivity index (χ0n) is 10.4. The molecule has 0 spiro atoms. The fraction of sp³-hybridized carbons (Fsp3) is 0.455. The van der Waals surface area contributed by atoms with Crippen LogP contribution in [-0.4, -0.2) is 24.7 Å². The molecule has 0 bridgehead atoms. The molecule has 0 N–H and O–H groups in total. The monoisotopic (exact) mass is 299 g/mol. The van der Waals surface area contributed by atoms with Crippen molar-refractivity contribution < 1.29 is 36.2 Å². The van der Waals surface area contributed by atoms with Crippen molar-refractivity contribution in [3.8, 4) is 5.75 Å². The molecule has 1 heterocycles. The van der Waals surface area contributed by atoms with E-state index in [0.717, 1.165) is 7.11 Å². The first-order valence-corrected chi connectivity index (χ1v) is 5.33. The predicted octanol–water partition coefficient (Wildman–Crippen LogP) is 3.22. The number of halogens is 5. The van der Waals surface area contributed by atoms with Gasteiger partial charge in [-0.1, -0.05) is 0 Å². The SMILES string of the molecule is CCOC(=O)c1c(C(F)F)ncc(C(F)(F)F)c1OC. The number of hydrogen-bond donors (Lipinski definition) is 0. The summed E-state index contributed by atoms with van der Waals surface area (Å²) >= 11 is 0. The highest BCUT2D eigenvalue weighted by Crippen LogP contribution is 2.40. The van der Waals surface area contributed by atoms with E-state index >= 15 is 0 Å². The van der Waals surface area contributed by atoms with Crippen molar-refractivity contribution in [2.75, 3.05) is 13.7 Å². The van der Waals surface area contributed by atoms with E-state index in [-0.39, 0.29) is 12.8 Å². The highest BCUT2D eigenvalue weighted by atomic mass is 19.4. The van der Waals surface area contributed by atoms with Gasteiger partial charge in [0, 0.05) is 6.20 Å². The molecule has 0 aliphatic carbocycles. The van der Waals surface area contributed by atoms with Gasteiger partial charge in [0.1, 0.15) is 22.6 Å². The first kappa shape index (κ1) is 16.1. The van der Waals surface area contributed by atoms with Crippen LogP contribution in [0.25, 0.3) is 0 Å². The third kappa shape index (κ3) is 3.14. The molecular weight excluding hydrogens is 289 g/mol. The molecule has 0 fully saturated rings. The highest BCUT2D eigenvalue weighted by Gasteiger charge is 2.39. The van der Waals surface area contributed by atoms with E-state index < -0.39 is 41.1 Å². The molecule has 1 rings (SSSR count). The lowest BCUT2D eigenvalue weighted by Crippen LogP contribution is -2.17. The quantitative estimate of drug-likeness (QED) is 0.632. The largest absolute Gasteiger partial charge is 0.495 e. The van der Waals surface area contributed by atoms with Crippen LogP contribution in [0.4, 0.5) is 22.0 Å². The van der Waals surface area contributed by atoms with Gasteiger partial charge >= 0.3 is 12.1 Å². The Labute approximate surface area is 110 Å². The topological polar surface area (TPSA) is 48.4 Å². The third-order valence-electron chi connectivity index (χ3n) is 2.26. The number of carbonyl (C=O) groups excluding carboxylic acids is 1. The number of esters is 1. The first-order valence-electron chi connectivity index (χ1n) is 5.33. The Morgan fingerprint density at radius 2 is 2.00 bits per heavy atom. The molecule has 9 heteroatoms. The van der Waals surface area contributed by atoms with Crippen LogP contribution in [0.2, 0.25) is 0 Å². The van der Waals surface area contributed by atoms with E-state index in [1.807, 2.05) is 0 Å². The second-order valence-electron chi connectivity index (χ2n) is 3.48. The van der Waals surface area contributed by atoms with Crippen LogP contribution in [-0.2, 0) is 10.9 Å². The Hall–Kier alpha value is -1.93. The van der Waals surface area contributed by atoms with Crippen LogP contribution in [0.1, 0.15) is 35.0 Å². The lowest BCUT2D eigenvalue weighted by molar-refractivity contribution is -0.139. The maximum absolute atomic E-state index is 12.8. The van der Waals surface area contributed by atoms with Gasteiger partial charge in [-0.2, -0.15) is 13.2 Å². The summed E-state index contributed by atoms with van der Waals surface area (Å²) in [5.74, 6) is -2.38. The summed E-state index contributed by atoms with van der Waals surface area (Å²) in [6.45, 7) is 1.19. The van der Waals surface area contributed by atoms with Crippen LogP contribution in [0, 0.1) is 0 Å². The van der Waals surface area contributed by atoms with Crippen LogP contribution in [0.15, 0.2) is 6.20 Å². The summed E-state index contributed by atoms with van der Waals surface area (Å²) < 4.78 is 72.7. The fourth-order valence-corrected chi connectivity index (χ4v) is 1.49. The van der Waals surface area contributed by atoms with Gasteiger partial charge in [-0.25, -0.2) is 13.6 Å². The maximum Gasteiger partial charge on any atom is 0.421 e. The number of nitrogens with zero attached hydrogens (tertiary/aromatic N) is 1. The summed E-state index contributed by atoms with van der Waals surface area (Å²) in [7, 11) is 0.836. The van der Waals surface area contributed by atoms with Crippen molar-refractivity contribution in [2.45, 2.75) is 19.5 Å². The lowest BCUT2D eigenvalue weighted by atomic mass is 10.1. The van der Waals surface area contributed by atoms with Gasteiger partial charge in [-0.3, -0.25) is 4.98 Å². The van der Waals surface area contributed by atoms with Gasteiger partial charge < -0.3 is 9.47 Å². The van der Waals surface area contributed by atoms with Crippen molar-refractivity contribution in [3.05, 3.63) is 23.0 Å². The Morgan fingerprint density at radius 1 is 1.40 bits per heavy atom. The molecule has 0 saturated heterocycles. The van der Waals surface area contributed by atoms with Crippen molar-refractivity contribution >= 4 is 5.97 Å². The normalized spacial score (nSPS) is 11.6. The van der Waals surface area contributed by atoms with Gasteiger partial charge in [-0.15, -0.1) is 0 Å². The minimum absolute atomic E-state index is 0.194. The van der Waals surface area contributed by atoms with E-state index in [0.29, 0.717) is 0 Å². The second-order valence-corrected chi connectivity index (χ2v) is 3.48. The Kier molecular flexibility index (Phi) is 4.85. The minimum Gasteiger partial charge on any atom is -0.495 e. The smallest absolute Gasteiger partial charge is 0.421 e. The summed E-state index contributed by atoms with van der Waals surface area (Å²) in [6.07, 6.45) is -7.95. The van der Waals surface area contributed by atoms with Crippen LogP contribution >= 0.6 is 0 Å². The molecule has 0 aromatic carbocycles. The summed E-state index contributed by atoms with van der Waals surface area (Å²) in [6, 6.07) is 0. The summed E-state index contributed by atoms with van der Waals surface area (Å²) in [4.78, 5) is 14.6. The summed E-state index contributed by atoms with van der Waals surface area (Å²) in [5.41, 5.74) is -3.56. The molecule has 0 radical (unpaired) electrons. The average molecular weight is 299 g/mol. The minimum atomic E-state index is -4.90. The van der Waals surface area contributed by atoms with Crippen molar-refractivity contribution in [2.24, 2.45) is 0 Å². The average Bonchev–Trinajstić information content (AvgIpc) is 2.35. The second kappa shape index (κ2) is 6.02. The fourth-order valence-electron chi connectivity index (χ4n) is 1.49. The van der Waals surface area contributed by atoms with Gasteiger partial charge in [-0.05, 0) is 6.92 Å². The number of methoxy groups -OCH3 is 1. The Bertz CT molecular complexity index is 502. The molecule has 4 nitrogen and oxygen atoms in total. The third-order valence-corrected chi connectivity index (χ3v) is 2.26. The van der Waals surface area contributed by atoms with Crippen LogP contribution < -0.4 is 4.74 Å². The molecule has 1 aromatic rings. The highest BCUT2D eigenvalue weighted by molar-refractivity contribution is 5.94. The molecular formula is C11H10F5NO3. The number of aromatic nitrogens is 1. The van der Waals surface area contributed by atoms with Gasteiger partial charge in [0.05, 0.1) is 13.7 Å². The first-order chi connectivity index (χ1) is 9.23. The molecule has 0 aliphatic rings. The predicted molar refractivity (Wildman–Crippen MR) is 56.7 cm³/mol. The number of hydrogen-bond acceptors (Lipinski definition) is 4. The number of pyridine rings is 1. The van der Waals surface area contributed by atoms with Crippen molar-refractivity contribution in [3.63, 3.8) is 0 Å². The number of ether oxygens (including phenoxy) is 2. The number of rotatable bonds is 4. The van der Waals surface area contributed by atoms with Gasteiger partial charge in [0.25, 0.3) is 6.43 Å². The molecule has 0 atom stereocenters. The van der Waals surface area contributed by atoms with E-state index in [1.165, 1.54) is 6.92 Å². The van der Waals surface area contributed by atoms with E-state index in [4.69, 9.17) is 0 Å². The molecule has 0 saturated carbocycles. The van der Waals surface area contributed by atoms with E-state index in [9.17, 15) is 26.7 Å². The van der Waals surface area contributed by atoms with Crippen molar-refractivity contribution in [1.82, 2.24) is 4.98 Å². The molecule has 0 amide bonds. The maximum atomic E-state index is 12.8. The van der Waals surface area contributed by atoms with Crippen LogP contribution in [0.5, 0.6) is 5.75 Å². The molecule has 1 aromatic heterocycles. The summed E-state index contributed by atoms with van der Waals surface area (Å²) in [5, 5.41) is 0. The Balaban J connectivity index is 3.59. The van der Waals surface area contributed by atoms with Crippen LogP contribution in [0.3, 0.4) is 0 Å². The zero-order chi connectivity index (χ0) is 15.5. The molecule has 112 valence electrons. The zero-order valence-corrected chi connectivity index (χ0v) is 10.4. The number of carbonyl (C=O) groups is 1. The van der Waals surface area contributed by atoms with Gasteiger partial charge in [0.15, 0.2) is 0 Å². The Morgan fingerprint density at radius 3 is 2.40 bits per heavy atom. The van der Waals surface area contributed by atoms with Crippen molar-refractivity contribution in [1.29, 1.82) is 0 Å². The molecule has 0 aliphatic heterocycles. The standard InChI is InChI=1S/C11H10F5NO3/c1-3-20-10(18)6-7(9(12)13)17-4-5(8(6)19-2)11(14,15)16/h4,9H,3H2,1-2H3. The van der Waals surface area contributed by atoms with E-state index in [2.05, 4.69) is 14.5 Å². The molecule has 20 heavy (non-hydrogen) atoms. The molecule has 0 unspecified atom stereocenters. The number of alkyl halides is 5. The lowest BCUT2D eigenvalue weighted by Gasteiger charge is -2.17.